The predicted octanol–water partition coefficient (Wildman–Crippen LogP) is 2.42. The van der Waals surface area contributed by atoms with Gasteiger partial charge < -0.3 is 5.32 Å². The Hall–Kier alpha value is -2.48. The molecule has 0 radical (unpaired) electrons. The van der Waals surface area contributed by atoms with E-state index in [0.717, 1.165) is 0 Å². The molecule has 1 N–H and O–H groups in total. The average Bonchev–Trinajstić information content (AvgIpc) is 2.48. The number of anilines is 1. The third-order valence-electron chi connectivity index (χ3n) is 2.65. The average molecular weight is 304 g/mol. The molecule has 8 heteroatoms. The van der Waals surface area contributed by atoms with Crippen LogP contribution in [0, 0.1) is 17.0 Å². The van der Waals surface area contributed by atoms with Crippen LogP contribution in [-0.2, 0) is 4.79 Å². The maximum Gasteiger partial charge on any atom is 0.274 e. The number of hydrogen-bond donors (Lipinski definition) is 1. The first kappa shape index (κ1) is 14.9. The van der Waals surface area contributed by atoms with Crippen molar-refractivity contribution in [3.63, 3.8) is 0 Å². The van der Waals surface area contributed by atoms with E-state index in [1.54, 1.807) is 31.5 Å². The summed E-state index contributed by atoms with van der Waals surface area (Å²) in [6.45, 7) is 1.60. The zero-order valence-electron chi connectivity index (χ0n) is 11.1. The standard InChI is InChI=1S/C13H12N4O3S/c1-9-10(4-2-5-11(9)17(19)20)16-12(18)8-21-13-14-6-3-7-15-13/h2-7H,8H2,1H3,(H,16,18). The SMILES string of the molecule is Cc1c(NC(=O)CSc2ncccn2)cccc1[N+](=O)[O-]. The lowest BCUT2D eigenvalue weighted by Gasteiger charge is -2.08. The zero-order chi connectivity index (χ0) is 15.2. The smallest absolute Gasteiger partial charge is 0.274 e. The minimum absolute atomic E-state index is 0.0214. The van der Waals surface area contributed by atoms with Crippen LogP contribution in [0.25, 0.3) is 0 Å². The Balaban J connectivity index is 2.00. The van der Waals surface area contributed by atoms with Crippen LogP contribution in [0.4, 0.5) is 11.4 Å². The van der Waals surface area contributed by atoms with Gasteiger partial charge in [-0.2, -0.15) is 0 Å². The van der Waals surface area contributed by atoms with Crippen molar-refractivity contribution in [2.75, 3.05) is 11.1 Å². The maximum absolute atomic E-state index is 11.9. The molecule has 1 amide bonds. The highest BCUT2D eigenvalue weighted by atomic mass is 32.2. The van der Waals surface area contributed by atoms with E-state index in [-0.39, 0.29) is 17.3 Å². The van der Waals surface area contributed by atoms with E-state index in [9.17, 15) is 14.9 Å². The van der Waals surface area contributed by atoms with E-state index in [1.807, 2.05) is 0 Å². The molecule has 0 unspecified atom stereocenters. The Kier molecular flexibility index (Phi) is 4.83. The van der Waals surface area contributed by atoms with Crippen molar-refractivity contribution >= 4 is 29.0 Å². The van der Waals surface area contributed by atoms with Gasteiger partial charge in [-0.15, -0.1) is 0 Å². The molecule has 2 rings (SSSR count). The number of rotatable bonds is 5. The molecule has 0 aliphatic heterocycles. The van der Waals surface area contributed by atoms with Crippen LogP contribution in [0.1, 0.15) is 5.56 Å². The van der Waals surface area contributed by atoms with E-state index in [1.165, 1.54) is 23.9 Å². The van der Waals surface area contributed by atoms with E-state index in [4.69, 9.17) is 0 Å². The number of benzene rings is 1. The summed E-state index contributed by atoms with van der Waals surface area (Å²) in [6, 6.07) is 6.26. The maximum atomic E-state index is 11.9. The number of nitro benzene ring substituents is 1. The Morgan fingerprint density at radius 3 is 2.71 bits per heavy atom. The highest BCUT2D eigenvalue weighted by Crippen LogP contribution is 2.25. The summed E-state index contributed by atoms with van der Waals surface area (Å²) in [6.07, 6.45) is 3.19. The van der Waals surface area contributed by atoms with Crippen molar-refractivity contribution in [3.8, 4) is 0 Å². The largest absolute Gasteiger partial charge is 0.325 e. The van der Waals surface area contributed by atoms with Gasteiger partial charge in [-0.1, -0.05) is 17.8 Å². The number of hydrogen-bond acceptors (Lipinski definition) is 6. The number of nitrogens with one attached hydrogen (secondary N) is 1. The summed E-state index contributed by atoms with van der Waals surface area (Å²) in [7, 11) is 0. The first-order valence-electron chi connectivity index (χ1n) is 6.01. The fourth-order valence-electron chi connectivity index (χ4n) is 1.63. The van der Waals surface area contributed by atoms with Crippen LogP contribution in [-0.4, -0.2) is 26.6 Å². The number of carbonyl (C=O) groups is 1. The Morgan fingerprint density at radius 1 is 1.33 bits per heavy atom. The number of amides is 1. The van der Waals surface area contributed by atoms with Crippen LogP contribution in [0.2, 0.25) is 0 Å². The third kappa shape index (κ3) is 3.99. The van der Waals surface area contributed by atoms with Gasteiger partial charge in [0.25, 0.3) is 5.69 Å². The van der Waals surface area contributed by atoms with E-state index in [0.29, 0.717) is 16.4 Å². The number of nitrogens with zero attached hydrogens (tertiary/aromatic N) is 3. The van der Waals surface area contributed by atoms with Crippen LogP contribution in [0.3, 0.4) is 0 Å². The fourth-order valence-corrected chi connectivity index (χ4v) is 2.24. The molecule has 1 aromatic heterocycles. The molecule has 2 aromatic rings. The van der Waals surface area contributed by atoms with Crippen molar-refractivity contribution in [3.05, 3.63) is 52.3 Å². The van der Waals surface area contributed by atoms with E-state index < -0.39 is 4.92 Å². The van der Waals surface area contributed by atoms with Gasteiger partial charge in [-0.25, -0.2) is 9.97 Å². The van der Waals surface area contributed by atoms with Crippen LogP contribution >= 0.6 is 11.8 Å². The molecule has 0 fully saturated rings. The molecule has 0 spiro atoms. The van der Waals surface area contributed by atoms with Gasteiger partial charge in [0.05, 0.1) is 21.9 Å². The molecule has 21 heavy (non-hydrogen) atoms. The van der Waals surface area contributed by atoms with Crippen LogP contribution in [0.15, 0.2) is 41.8 Å². The Bertz CT molecular complexity index is 664. The number of carbonyl (C=O) groups excluding carboxylic acids is 1. The van der Waals surface area contributed by atoms with Crippen LogP contribution < -0.4 is 5.32 Å². The summed E-state index contributed by atoms with van der Waals surface area (Å²) in [5.41, 5.74) is 0.840. The molecule has 1 aromatic carbocycles. The first-order chi connectivity index (χ1) is 10.1. The van der Waals surface area contributed by atoms with Gasteiger partial charge >= 0.3 is 0 Å². The van der Waals surface area contributed by atoms with Crippen molar-refractivity contribution in [2.45, 2.75) is 12.1 Å². The van der Waals surface area contributed by atoms with Gasteiger partial charge in [0.15, 0.2) is 5.16 Å². The monoisotopic (exact) mass is 304 g/mol. The Labute approximate surface area is 125 Å². The lowest BCUT2D eigenvalue weighted by Crippen LogP contribution is -2.15. The summed E-state index contributed by atoms with van der Waals surface area (Å²) in [5.74, 6) is -0.136. The van der Waals surface area contributed by atoms with Gasteiger partial charge in [-0.3, -0.25) is 14.9 Å². The summed E-state index contributed by atoms with van der Waals surface area (Å²) in [4.78, 5) is 30.2. The van der Waals surface area contributed by atoms with E-state index >= 15 is 0 Å². The molecular formula is C13H12N4O3S. The highest BCUT2D eigenvalue weighted by molar-refractivity contribution is 7.99. The lowest BCUT2D eigenvalue weighted by molar-refractivity contribution is -0.385. The molecule has 1 heterocycles. The quantitative estimate of drug-likeness (QED) is 0.394. The van der Waals surface area contributed by atoms with Gasteiger partial charge in [0, 0.05) is 18.5 Å². The molecule has 0 atom stereocenters. The zero-order valence-corrected chi connectivity index (χ0v) is 12.0. The molecule has 0 bridgehead atoms. The molecule has 7 nitrogen and oxygen atoms in total. The molecule has 108 valence electrons. The second-order valence-corrected chi connectivity index (χ2v) is 5.02. The number of aromatic nitrogens is 2. The topological polar surface area (TPSA) is 98.0 Å². The van der Waals surface area contributed by atoms with Gasteiger partial charge in [0.1, 0.15) is 0 Å². The molecule has 0 saturated heterocycles. The van der Waals surface area contributed by atoms with Crippen molar-refractivity contribution in [2.24, 2.45) is 0 Å². The summed E-state index contributed by atoms with van der Waals surface area (Å²) < 4.78 is 0. The minimum atomic E-state index is -0.475. The van der Waals surface area contributed by atoms with Gasteiger partial charge in [0.2, 0.25) is 5.91 Å². The number of nitro groups is 1. The predicted molar refractivity (Wildman–Crippen MR) is 79.2 cm³/mol. The second-order valence-electron chi connectivity index (χ2n) is 4.08. The molecule has 0 aliphatic rings. The number of thioether (sulfide) groups is 1. The normalized spacial score (nSPS) is 10.1. The summed E-state index contributed by atoms with van der Waals surface area (Å²) in [5, 5.41) is 14.0. The Morgan fingerprint density at radius 2 is 2.05 bits per heavy atom. The highest BCUT2D eigenvalue weighted by Gasteiger charge is 2.14. The van der Waals surface area contributed by atoms with Gasteiger partial charge in [-0.05, 0) is 19.1 Å². The second kappa shape index (κ2) is 6.80. The summed E-state index contributed by atoms with van der Waals surface area (Å²) >= 11 is 1.20. The molecule has 0 saturated carbocycles. The van der Waals surface area contributed by atoms with Crippen LogP contribution in [0.5, 0.6) is 0 Å². The van der Waals surface area contributed by atoms with Crippen molar-refractivity contribution < 1.29 is 9.72 Å². The van der Waals surface area contributed by atoms with Crippen molar-refractivity contribution in [1.82, 2.24) is 9.97 Å². The van der Waals surface area contributed by atoms with E-state index in [2.05, 4.69) is 15.3 Å². The lowest BCUT2D eigenvalue weighted by atomic mass is 10.1. The fraction of sp³-hybridized carbons (Fsp3) is 0.154. The van der Waals surface area contributed by atoms with Crippen molar-refractivity contribution in [1.29, 1.82) is 0 Å². The molecule has 0 aliphatic carbocycles. The minimum Gasteiger partial charge on any atom is -0.325 e. The third-order valence-corrected chi connectivity index (χ3v) is 3.53. The molecular weight excluding hydrogens is 292 g/mol. The first-order valence-corrected chi connectivity index (χ1v) is 7.00.